The summed E-state index contributed by atoms with van der Waals surface area (Å²) in [6.07, 6.45) is 3.87. The van der Waals surface area contributed by atoms with Gasteiger partial charge in [0.15, 0.2) is 0 Å². The Labute approximate surface area is 118 Å². The Morgan fingerprint density at radius 1 is 1.25 bits per heavy atom. The van der Waals surface area contributed by atoms with Crippen LogP contribution < -0.4 is 11.1 Å². The summed E-state index contributed by atoms with van der Waals surface area (Å²) < 4.78 is 0. The van der Waals surface area contributed by atoms with Gasteiger partial charge in [-0.15, -0.1) is 0 Å². The van der Waals surface area contributed by atoms with Crippen molar-refractivity contribution in [3.8, 4) is 0 Å². The van der Waals surface area contributed by atoms with E-state index < -0.39 is 11.5 Å². The Hall–Kier alpha value is -2.04. The molecule has 2 rings (SSSR count). The van der Waals surface area contributed by atoms with Crippen LogP contribution in [0.3, 0.4) is 0 Å². The number of rotatable bonds is 4. The average Bonchev–Trinajstić information content (AvgIpc) is 2.39. The highest BCUT2D eigenvalue weighted by atomic mass is 16.4. The maximum atomic E-state index is 12.1. The Morgan fingerprint density at radius 3 is 2.55 bits per heavy atom. The molecule has 5 heteroatoms. The quantitative estimate of drug-likeness (QED) is 0.730. The lowest BCUT2D eigenvalue weighted by Gasteiger charge is -2.34. The summed E-state index contributed by atoms with van der Waals surface area (Å²) in [7, 11) is 0. The lowest BCUT2D eigenvalue weighted by atomic mass is 9.81. The Kier molecular flexibility index (Phi) is 4.27. The van der Waals surface area contributed by atoms with Gasteiger partial charge in [-0.05, 0) is 30.5 Å². The van der Waals surface area contributed by atoms with Gasteiger partial charge in [-0.3, -0.25) is 4.79 Å². The molecule has 1 fully saturated rings. The van der Waals surface area contributed by atoms with Crippen LogP contribution in [0.1, 0.15) is 37.7 Å². The van der Waals surface area contributed by atoms with Gasteiger partial charge in [0.2, 0.25) is 5.91 Å². The maximum Gasteiger partial charge on any atom is 0.329 e. The van der Waals surface area contributed by atoms with Crippen LogP contribution in [0.15, 0.2) is 24.3 Å². The van der Waals surface area contributed by atoms with E-state index in [1.807, 2.05) is 6.07 Å². The Bertz CT molecular complexity index is 508. The smallest absolute Gasteiger partial charge is 0.329 e. The Balaban J connectivity index is 2.03. The molecular weight excluding hydrogens is 256 g/mol. The second kappa shape index (κ2) is 5.94. The zero-order valence-electron chi connectivity index (χ0n) is 11.4. The molecule has 0 radical (unpaired) electrons. The standard InChI is InChI=1S/C15H20N2O3/c16-12-6-4-5-11(9-12)10-13(18)17-15(14(19)20)7-2-1-3-8-15/h4-6,9H,1-3,7-8,10,16H2,(H,17,18)(H,19,20). The number of anilines is 1. The van der Waals surface area contributed by atoms with Crippen molar-refractivity contribution in [3.05, 3.63) is 29.8 Å². The molecule has 0 aliphatic heterocycles. The molecule has 5 nitrogen and oxygen atoms in total. The van der Waals surface area contributed by atoms with E-state index in [9.17, 15) is 14.7 Å². The molecule has 20 heavy (non-hydrogen) atoms. The molecule has 1 amide bonds. The predicted octanol–water partition coefficient (Wildman–Crippen LogP) is 1.71. The van der Waals surface area contributed by atoms with Crippen molar-refractivity contribution in [2.24, 2.45) is 0 Å². The number of nitrogens with one attached hydrogen (secondary N) is 1. The summed E-state index contributed by atoms with van der Waals surface area (Å²) in [5.41, 5.74) is 5.97. The van der Waals surface area contributed by atoms with Gasteiger partial charge in [0.05, 0.1) is 6.42 Å². The molecule has 1 aromatic rings. The third-order valence-corrected chi connectivity index (χ3v) is 3.81. The largest absolute Gasteiger partial charge is 0.480 e. The fourth-order valence-electron chi connectivity index (χ4n) is 2.75. The van der Waals surface area contributed by atoms with Crippen LogP contribution >= 0.6 is 0 Å². The first-order valence-electron chi connectivity index (χ1n) is 6.91. The van der Waals surface area contributed by atoms with Crippen LogP contribution in [-0.2, 0) is 16.0 Å². The number of carbonyl (C=O) groups is 2. The Morgan fingerprint density at radius 2 is 1.95 bits per heavy atom. The molecule has 1 aromatic carbocycles. The molecule has 0 spiro atoms. The van der Waals surface area contributed by atoms with E-state index in [2.05, 4.69) is 5.32 Å². The van der Waals surface area contributed by atoms with Gasteiger partial charge < -0.3 is 16.2 Å². The number of amides is 1. The third kappa shape index (κ3) is 3.29. The number of nitrogen functional groups attached to an aromatic ring is 1. The first-order valence-corrected chi connectivity index (χ1v) is 6.91. The monoisotopic (exact) mass is 276 g/mol. The summed E-state index contributed by atoms with van der Waals surface area (Å²) in [6, 6.07) is 7.07. The number of hydrogen-bond donors (Lipinski definition) is 3. The first-order chi connectivity index (χ1) is 9.52. The topological polar surface area (TPSA) is 92.4 Å². The van der Waals surface area contributed by atoms with Crippen LogP contribution in [0, 0.1) is 0 Å². The van der Waals surface area contributed by atoms with Gasteiger partial charge in [0.25, 0.3) is 0 Å². The number of hydrogen-bond acceptors (Lipinski definition) is 3. The molecule has 0 aromatic heterocycles. The van der Waals surface area contributed by atoms with E-state index in [1.54, 1.807) is 18.2 Å². The van der Waals surface area contributed by atoms with E-state index in [0.717, 1.165) is 24.8 Å². The first kappa shape index (κ1) is 14.4. The number of carbonyl (C=O) groups excluding carboxylic acids is 1. The molecule has 1 saturated carbocycles. The molecule has 0 unspecified atom stereocenters. The van der Waals surface area contributed by atoms with Crippen molar-refractivity contribution in [2.45, 2.75) is 44.1 Å². The summed E-state index contributed by atoms with van der Waals surface area (Å²) in [5.74, 6) is -1.20. The molecule has 1 aliphatic rings. The molecule has 4 N–H and O–H groups in total. The second-order valence-electron chi connectivity index (χ2n) is 5.42. The molecule has 0 heterocycles. The number of carboxylic acid groups (broad SMARTS) is 1. The van der Waals surface area contributed by atoms with Gasteiger partial charge >= 0.3 is 5.97 Å². The highest BCUT2D eigenvalue weighted by Crippen LogP contribution is 2.28. The predicted molar refractivity (Wildman–Crippen MR) is 76.2 cm³/mol. The van der Waals surface area contributed by atoms with Gasteiger partial charge in [-0.1, -0.05) is 31.4 Å². The fourth-order valence-corrected chi connectivity index (χ4v) is 2.75. The minimum Gasteiger partial charge on any atom is -0.480 e. The van der Waals surface area contributed by atoms with E-state index >= 15 is 0 Å². The number of carboxylic acids is 1. The van der Waals surface area contributed by atoms with Crippen molar-refractivity contribution in [1.82, 2.24) is 5.32 Å². The number of benzene rings is 1. The van der Waals surface area contributed by atoms with E-state index in [-0.39, 0.29) is 12.3 Å². The van der Waals surface area contributed by atoms with E-state index in [4.69, 9.17) is 5.73 Å². The SMILES string of the molecule is Nc1cccc(CC(=O)NC2(C(=O)O)CCCCC2)c1. The molecular formula is C15H20N2O3. The van der Waals surface area contributed by atoms with Crippen LogP contribution in [0.2, 0.25) is 0 Å². The van der Waals surface area contributed by atoms with E-state index in [1.165, 1.54) is 0 Å². The van der Waals surface area contributed by atoms with Crippen molar-refractivity contribution < 1.29 is 14.7 Å². The fraction of sp³-hybridized carbons (Fsp3) is 0.467. The zero-order chi connectivity index (χ0) is 14.6. The summed E-state index contributed by atoms with van der Waals surface area (Å²) in [4.78, 5) is 23.6. The lowest BCUT2D eigenvalue weighted by Crippen LogP contribution is -2.55. The maximum absolute atomic E-state index is 12.1. The third-order valence-electron chi connectivity index (χ3n) is 3.81. The van der Waals surface area contributed by atoms with Crippen LogP contribution in [0.25, 0.3) is 0 Å². The minimum atomic E-state index is -1.09. The second-order valence-corrected chi connectivity index (χ2v) is 5.42. The van der Waals surface area contributed by atoms with Gasteiger partial charge in [-0.2, -0.15) is 0 Å². The normalized spacial score (nSPS) is 17.4. The molecule has 108 valence electrons. The number of nitrogens with two attached hydrogens (primary N) is 1. The highest BCUT2D eigenvalue weighted by Gasteiger charge is 2.40. The highest BCUT2D eigenvalue weighted by molar-refractivity contribution is 5.88. The summed E-state index contributed by atoms with van der Waals surface area (Å²) >= 11 is 0. The summed E-state index contributed by atoms with van der Waals surface area (Å²) in [5, 5.41) is 12.1. The minimum absolute atomic E-state index is 0.153. The van der Waals surface area contributed by atoms with E-state index in [0.29, 0.717) is 18.5 Å². The average molecular weight is 276 g/mol. The van der Waals surface area contributed by atoms with Crippen LogP contribution in [0.4, 0.5) is 5.69 Å². The number of aliphatic carboxylic acids is 1. The van der Waals surface area contributed by atoms with Crippen LogP contribution in [-0.4, -0.2) is 22.5 Å². The summed E-state index contributed by atoms with van der Waals surface area (Å²) in [6.45, 7) is 0. The van der Waals surface area contributed by atoms with Gasteiger partial charge in [0, 0.05) is 5.69 Å². The molecule has 0 saturated heterocycles. The lowest BCUT2D eigenvalue weighted by molar-refractivity contribution is -0.149. The van der Waals surface area contributed by atoms with Crippen molar-refractivity contribution >= 4 is 17.6 Å². The van der Waals surface area contributed by atoms with Crippen molar-refractivity contribution in [1.29, 1.82) is 0 Å². The van der Waals surface area contributed by atoms with Crippen molar-refractivity contribution in [2.75, 3.05) is 5.73 Å². The molecule has 0 atom stereocenters. The van der Waals surface area contributed by atoms with Gasteiger partial charge in [0.1, 0.15) is 5.54 Å². The molecule has 1 aliphatic carbocycles. The molecule has 0 bridgehead atoms. The zero-order valence-corrected chi connectivity index (χ0v) is 11.4. The van der Waals surface area contributed by atoms with Gasteiger partial charge in [-0.25, -0.2) is 4.79 Å². The van der Waals surface area contributed by atoms with Crippen molar-refractivity contribution in [3.63, 3.8) is 0 Å². The van der Waals surface area contributed by atoms with Crippen LogP contribution in [0.5, 0.6) is 0 Å².